The molecule has 3 aromatic rings. The summed E-state index contributed by atoms with van der Waals surface area (Å²) in [5, 5.41) is 8.34. The van der Waals surface area contributed by atoms with Crippen LogP contribution in [-0.2, 0) is 6.54 Å². The highest BCUT2D eigenvalue weighted by Crippen LogP contribution is 2.46. The van der Waals surface area contributed by atoms with Crippen LogP contribution in [0.25, 0.3) is 21.5 Å². The van der Waals surface area contributed by atoms with Gasteiger partial charge in [0.25, 0.3) is 0 Å². The number of ether oxygens (including phenoxy) is 4. The van der Waals surface area contributed by atoms with E-state index in [0.29, 0.717) is 6.04 Å². The van der Waals surface area contributed by atoms with Gasteiger partial charge in [0.15, 0.2) is 23.0 Å². The standard InChI is InChI=1S/C24H28N2O4/c1-27-20-8-15-16-9-21(28-2)23(30-4)11-18(16)24-19(17(15)10-22(20)29-3)13-26-7-5-6-14(26)12-25-24/h8-11,14,25H,5-7,12-13H2,1-4H3/t14-/m1/s1. The van der Waals surface area contributed by atoms with E-state index >= 15 is 0 Å². The third-order valence-electron chi connectivity index (χ3n) is 6.61. The summed E-state index contributed by atoms with van der Waals surface area (Å²) < 4.78 is 22.5. The number of benzene rings is 3. The Morgan fingerprint density at radius 1 is 0.767 bits per heavy atom. The second-order valence-corrected chi connectivity index (χ2v) is 8.01. The van der Waals surface area contributed by atoms with E-state index in [4.69, 9.17) is 18.9 Å². The topological polar surface area (TPSA) is 52.2 Å². The lowest BCUT2D eigenvalue weighted by molar-refractivity contribution is 0.260. The van der Waals surface area contributed by atoms with Crippen molar-refractivity contribution >= 4 is 27.2 Å². The number of nitrogens with zero attached hydrogens (tertiary/aromatic N) is 1. The number of methoxy groups -OCH3 is 4. The molecule has 0 radical (unpaired) electrons. The predicted octanol–water partition coefficient (Wildman–Crippen LogP) is 4.42. The largest absolute Gasteiger partial charge is 0.493 e. The Hall–Kier alpha value is -2.86. The summed E-state index contributed by atoms with van der Waals surface area (Å²) in [6.07, 6.45) is 2.50. The molecule has 0 saturated carbocycles. The zero-order valence-corrected chi connectivity index (χ0v) is 18.0. The first-order valence-corrected chi connectivity index (χ1v) is 10.4. The minimum atomic E-state index is 0.572. The van der Waals surface area contributed by atoms with Crippen molar-refractivity contribution in [3.63, 3.8) is 0 Å². The lowest BCUT2D eigenvalue weighted by Gasteiger charge is -2.22. The molecule has 0 unspecified atom stereocenters. The van der Waals surface area contributed by atoms with Crippen molar-refractivity contribution in [1.29, 1.82) is 0 Å². The molecular formula is C24H28N2O4. The highest BCUT2D eigenvalue weighted by atomic mass is 16.5. The molecule has 1 atom stereocenters. The lowest BCUT2D eigenvalue weighted by Crippen LogP contribution is -2.31. The maximum atomic E-state index is 5.64. The number of anilines is 1. The molecule has 5 rings (SSSR count). The highest BCUT2D eigenvalue weighted by Gasteiger charge is 2.30. The number of rotatable bonds is 4. The summed E-state index contributed by atoms with van der Waals surface area (Å²) in [5.41, 5.74) is 2.48. The van der Waals surface area contributed by atoms with E-state index in [2.05, 4.69) is 34.5 Å². The van der Waals surface area contributed by atoms with Gasteiger partial charge in [0, 0.05) is 30.2 Å². The Balaban J connectivity index is 1.89. The SMILES string of the molecule is COc1cc2c3c(c4cc(OC)c(OC)cc4c2cc1OC)NC[C@H]1CCCN1C3. The monoisotopic (exact) mass is 408 g/mol. The number of hydrogen-bond donors (Lipinski definition) is 1. The first-order chi connectivity index (χ1) is 14.7. The summed E-state index contributed by atoms with van der Waals surface area (Å²) in [4.78, 5) is 2.60. The van der Waals surface area contributed by atoms with Crippen LogP contribution in [0.3, 0.4) is 0 Å². The molecule has 2 aliphatic rings. The zero-order valence-electron chi connectivity index (χ0n) is 18.0. The van der Waals surface area contributed by atoms with Crippen LogP contribution in [0.1, 0.15) is 18.4 Å². The molecule has 0 bridgehead atoms. The number of nitrogens with one attached hydrogen (secondary N) is 1. The third kappa shape index (κ3) is 2.82. The summed E-state index contributed by atoms with van der Waals surface area (Å²) >= 11 is 0. The van der Waals surface area contributed by atoms with Gasteiger partial charge in [-0.15, -0.1) is 0 Å². The van der Waals surface area contributed by atoms with Gasteiger partial charge in [0.1, 0.15) is 0 Å². The number of fused-ring (bicyclic) bond motifs is 7. The first kappa shape index (κ1) is 19.1. The molecule has 1 fully saturated rings. The second kappa shape index (κ2) is 7.43. The maximum absolute atomic E-state index is 5.64. The average Bonchev–Trinajstić information content (AvgIpc) is 3.15. The van der Waals surface area contributed by atoms with Gasteiger partial charge in [-0.1, -0.05) is 0 Å². The first-order valence-electron chi connectivity index (χ1n) is 10.4. The molecule has 1 N–H and O–H groups in total. The van der Waals surface area contributed by atoms with Crippen LogP contribution < -0.4 is 24.3 Å². The van der Waals surface area contributed by atoms with Gasteiger partial charge in [-0.05, 0) is 65.4 Å². The normalized spacial score (nSPS) is 18.5. The van der Waals surface area contributed by atoms with Crippen LogP contribution in [0.2, 0.25) is 0 Å². The van der Waals surface area contributed by atoms with Crippen molar-refractivity contribution in [3.8, 4) is 23.0 Å². The quantitative estimate of drug-likeness (QED) is 0.645. The van der Waals surface area contributed by atoms with Crippen molar-refractivity contribution in [2.24, 2.45) is 0 Å². The molecule has 158 valence electrons. The fourth-order valence-electron chi connectivity index (χ4n) is 5.08. The molecular weight excluding hydrogens is 380 g/mol. The minimum Gasteiger partial charge on any atom is -0.493 e. The van der Waals surface area contributed by atoms with Gasteiger partial charge in [0.05, 0.1) is 28.4 Å². The molecule has 2 heterocycles. The summed E-state index contributed by atoms with van der Waals surface area (Å²) in [6, 6.07) is 8.92. The van der Waals surface area contributed by atoms with E-state index in [0.717, 1.165) is 58.8 Å². The molecule has 0 aromatic heterocycles. The van der Waals surface area contributed by atoms with Gasteiger partial charge in [0.2, 0.25) is 0 Å². The molecule has 0 spiro atoms. The van der Waals surface area contributed by atoms with Crippen LogP contribution in [-0.4, -0.2) is 52.5 Å². The van der Waals surface area contributed by atoms with Gasteiger partial charge < -0.3 is 24.3 Å². The molecule has 2 aliphatic heterocycles. The van der Waals surface area contributed by atoms with Crippen LogP contribution >= 0.6 is 0 Å². The van der Waals surface area contributed by atoms with Gasteiger partial charge in [-0.2, -0.15) is 0 Å². The molecule has 0 aliphatic carbocycles. The van der Waals surface area contributed by atoms with Crippen molar-refractivity contribution in [2.75, 3.05) is 46.8 Å². The Kier molecular flexibility index (Phi) is 4.74. The zero-order chi connectivity index (χ0) is 20.8. The number of hydrogen-bond acceptors (Lipinski definition) is 6. The molecule has 6 heteroatoms. The van der Waals surface area contributed by atoms with Crippen LogP contribution in [0.5, 0.6) is 23.0 Å². The molecule has 3 aromatic carbocycles. The molecule has 6 nitrogen and oxygen atoms in total. The van der Waals surface area contributed by atoms with Crippen molar-refractivity contribution < 1.29 is 18.9 Å². The van der Waals surface area contributed by atoms with E-state index in [1.54, 1.807) is 28.4 Å². The summed E-state index contributed by atoms with van der Waals surface area (Å²) in [7, 11) is 6.72. The average molecular weight is 408 g/mol. The van der Waals surface area contributed by atoms with Crippen LogP contribution in [0, 0.1) is 0 Å². The van der Waals surface area contributed by atoms with E-state index in [-0.39, 0.29) is 0 Å². The second-order valence-electron chi connectivity index (χ2n) is 8.01. The van der Waals surface area contributed by atoms with Crippen LogP contribution in [0.15, 0.2) is 24.3 Å². The van der Waals surface area contributed by atoms with Gasteiger partial charge in [-0.3, -0.25) is 4.90 Å². The van der Waals surface area contributed by atoms with Crippen molar-refractivity contribution in [1.82, 2.24) is 4.90 Å². The summed E-state index contributed by atoms with van der Waals surface area (Å²) in [6.45, 7) is 3.02. The lowest BCUT2D eigenvalue weighted by atomic mass is 9.93. The van der Waals surface area contributed by atoms with Gasteiger partial charge in [-0.25, -0.2) is 0 Å². The Labute approximate surface area is 176 Å². The van der Waals surface area contributed by atoms with E-state index in [9.17, 15) is 0 Å². The van der Waals surface area contributed by atoms with E-state index < -0.39 is 0 Å². The fourth-order valence-corrected chi connectivity index (χ4v) is 5.08. The third-order valence-corrected chi connectivity index (χ3v) is 6.61. The fraction of sp³-hybridized carbons (Fsp3) is 0.417. The molecule has 0 amide bonds. The maximum Gasteiger partial charge on any atom is 0.161 e. The Bertz CT molecular complexity index is 1130. The Morgan fingerprint density at radius 2 is 1.30 bits per heavy atom. The predicted molar refractivity (Wildman–Crippen MR) is 120 cm³/mol. The van der Waals surface area contributed by atoms with Gasteiger partial charge >= 0.3 is 0 Å². The van der Waals surface area contributed by atoms with E-state index in [1.165, 1.54) is 29.5 Å². The van der Waals surface area contributed by atoms with E-state index in [1.807, 2.05) is 0 Å². The minimum absolute atomic E-state index is 0.572. The van der Waals surface area contributed by atoms with Crippen LogP contribution in [0.4, 0.5) is 5.69 Å². The Morgan fingerprint density at radius 3 is 1.90 bits per heavy atom. The van der Waals surface area contributed by atoms with Crippen molar-refractivity contribution in [2.45, 2.75) is 25.4 Å². The molecule has 1 saturated heterocycles. The smallest absolute Gasteiger partial charge is 0.161 e. The highest BCUT2D eigenvalue weighted by molar-refractivity contribution is 6.16. The van der Waals surface area contributed by atoms with Crippen molar-refractivity contribution in [3.05, 3.63) is 29.8 Å². The molecule has 30 heavy (non-hydrogen) atoms. The summed E-state index contributed by atoms with van der Waals surface area (Å²) in [5.74, 6) is 2.92.